The Balaban J connectivity index is 1.90. The number of rotatable bonds is 5. The molecule has 1 aliphatic rings. The van der Waals surface area contributed by atoms with Crippen LogP contribution in [0.3, 0.4) is 0 Å². The molecule has 0 bridgehead atoms. The topological polar surface area (TPSA) is 24.9 Å². The van der Waals surface area contributed by atoms with Crippen molar-refractivity contribution in [2.45, 2.75) is 45.6 Å². The van der Waals surface area contributed by atoms with E-state index in [4.69, 9.17) is 4.98 Å². The Morgan fingerprint density at radius 3 is 2.75 bits per heavy atom. The molecule has 0 radical (unpaired) electrons. The Kier molecular flexibility index (Phi) is 4.18. The lowest BCUT2D eigenvalue weighted by molar-refractivity contribution is 0.594. The number of aryl methyl sites for hydroxylation is 3. The van der Waals surface area contributed by atoms with Crippen molar-refractivity contribution in [3.05, 3.63) is 51.0 Å². The molecular weight excluding hydrogens is 264 g/mol. The van der Waals surface area contributed by atoms with Crippen LogP contribution in [0.25, 0.3) is 0 Å². The van der Waals surface area contributed by atoms with Crippen LogP contribution < -0.4 is 5.32 Å². The van der Waals surface area contributed by atoms with Gasteiger partial charge in [-0.3, -0.25) is 0 Å². The van der Waals surface area contributed by atoms with Gasteiger partial charge in [-0.25, -0.2) is 4.98 Å². The Morgan fingerprint density at radius 1 is 1.25 bits per heavy atom. The maximum absolute atomic E-state index is 4.90. The van der Waals surface area contributed by atoms with Crippen LogP contribution in [0.1, 0.15) is 52.5 Å². The first-order valence-corrected chi connectivity index (χ1v) is 8.38. The van der Waals surface area contributed by atoms with Crippen LogP contribution >= 0.6 is 11.3 Å². The van der Waals surface area contributed by atoms with Crippen LogP contribution in [0, 0.1) is 6.92 Å². The minimum Gasteiger partial charge on any atom is -0.304 e. The predicted octanol–water partition coefficient (Wildman–Crippen LogP) is 4.03. The molecule has 0 fully saturated rings. The van der Waals surface area contributed by atoms with Gasteiger partial charge in [0.05, 0.1) is 11.7 Å². The van der Waals surface area contributed by atoms with Crippen LogP contribution in [-0.4, -0.2) is 11.5 Å². The van der Waals surface area contributed by atoms with Gasteiger partial charge in [0.2, 0.25) is 0 Å². The molecule has 0 spiro atoms. The van der Waals surface area contributed by atoms with E-state index in [9.17, 15) is 0 Å². The molecule has 3 heteroatoms. The monoisotopic (exact) mass is 286 g/mol. The zero-order valence-electron chi connectivity index (χ0n) is 12.3. The molecule has 1 aromatic carbocycles. The fourth-order valence-corrected chi connectivity index (χ4v) is 3.99. The summed E-state index contributed by atoms with van der Waals surface area (Å²) in [7, 11) is 0. The molecule has 1 heterocycles. The summed E-state index contributed by atoms with van der Waals surface area (Å²) in [6.45, 7) is 5.38. The Bertz CT molecular complexity index is 550. The van der Waals surface area contributed by atoms with E-state index in [0.717, 1.165) is 13.0 Å². The minimum atomic E-state index is 0.256. The summed E-state index contributed by atoms with van der Waals surface area (Å²) in [5, 5.41) is 4.90. The van der Waals surface area contributed by atoms with Gasteiger partial charge in [0, 0.05) is 4.88 Å². The highest BCUT2D eigenvalue weighted by Crippen LogP contribution is 2.33. The van der Waals surface area contributed by atoms with Crippen LogP contribution in [0.2, 0.25) is 0 Å². The highest BCUT2D eigenvalue weighted by atomic mass is 32.1. The number of aromatic nitrogens is 1. The number of nitrogens with zero attached hydrogens (tertiary/aromatic N) is 1. The number of fused-ring (bicyclic) bond motifs is 1. The van der Waals surface area contributed by atoms with Crippen LogP contribution in [0.5, 0.6) is 0 Å². The number of thiazole rings is 1. The fourth-order valence-electron chi connectivity index (χ4n) is 2.73. The summed E-state index contributed by atoms with van der Waals surface area (Å²) in [5.41, 5.74) is 3.99. The van der Waals surface area contributed by atoms with E-state index in [1.54, 1.807) is 0 Å². The number of benzene rings is 1. The normalized spacial score (nSPS) is 15.3. The largest absolute Gasteiger partial charge is 0.304 e. The van der Waals surface area contributed by atoms with Gasteiger partial charge in [-0.15, -0.1) is 11.3 Å². The third-order valence-electron chi connectivity index (χ3n) is 3.87. The van der Waals surface area contributed by atoms with E-state index < -0.39 is 0 Å². The molecule has 20 heavy (non-hydrogen) atoms. The summed E-state index contributed by atoms with van der Waals surface area (Å²) in [6, 6.07) is 9.10. The van der Waals surface area contributed by atoms with E-state index >= 15 is 0 Å². The third kappa shape index (κ3) is 2.79. The average molecular weight is 286 g/mol. The molecule has 2 aromatic rings. The molecule has 1 unspecified atom stereocenters. The van der Waals surface area contributed by atoms with E-state index in [1.165, 1.54) is 46.0 Å². The molecule has 0 saturated carbocycles. The molecule has 0 aliphatic heterocycles. The molecule has 106 valence electrons. The van der Waals surface area contributed by atoms with Gasteiger partial charge in [0.25, 0.3) is 0 Å². The lowest BCUT2D eigenvalue weighted by Gasteiger charge is -2.17. The van der Waals surface area contributed by atoms with Gasteiger partial charge in [-0.1, -0.05) is 36.8 Å². The summed E-state index contributed by atoms with van der Waals surface area (Å²) < 4.78 is 0. The van der Waals surface area contributed by atoms with Crippen molar-refractivity contribution in [3.63, 3.8) is 0 Å². The maximum atomic E-state index is 4.90. The molecule has 1 atom stereocenters. The molecule has 1 aliphatic carbocycles. The summed E-state index contributed by atoms with van der Waals surface area (Å²) >= 11 is 1.91. The highest BCUT2D eigenvalue weighted by molar-refractivity contribution is 7.11. The second kappa shape index (κ2) is 6.06. The first-order chi connectivity index (χ1) is 9.78. The lowest BCUT2D eigenvalue weighted by Crippen LogP contribution is -2.23. The molecule has 0 saturated heterocycles. The van der Waals surface area contributed by atoms with E-state index in [0.29, 0.717) is 0 Å². The Hall–Kier alpha value is -1.19. The molecule has 2 nitrogen and oxygen atoms in total. The van der Waals surface area contributed by atoms with Gasteiger partial charge in [0.1, 0.15) is 5.01 Å². The van der Waals surface area contributed by atoms with Gasteiger partial charge < -0.3 is 5.32 Å². The molecular formula is C17H22N2S. The number of hydrogen-bond acceptors (Lipinski definition) is 3. The smallest absolute Gasteiger partial charge is 0.115 e. The highest BCUT2D eigenvalue weighted by Gasteiger charge is 2.22. The summed E-state index contributed by atoms with van der Waals surface area (Å²) in [5.74, 6) is 0. The third-order valence-corrected chi connectivity index (χ3v) is 5.09. The van der Waals surface area contributed by atoms with Crippen molar-refractivity contribution in [3.8, 4) is 0 Å². The van der Waals surface area contributed by atoms with Crippen molar-refractivity contribution in [1.82, 2.24) is 10.3 Å². The number of hydrogen-bond donors (Lipinski definition) is 1. The van der Waals surface area contributed by atoms with Gasteiger partial charge in [0.15, 0.2) is 0 Å². The van der Waals surface area contributed by atoms with Crippen molar-refractivity contribution in [2.24, 2.45) is 0 Å². The standard InChI is InChI=1S/C17H22N2S/c1-3-11-18-16(13-9-7-12(2)8-10-13)17-19-14-5-4-6-15(14)20-17/h7-10,16,18H,3-6,11H2,1-2H3. The quantitative estimate of drug-likeness (QED) is 0.897. The second-order valence-corrected chi connectivity index (χ2v) is 6.69. The van der Waals surface area contributed by atoms with Gasteiger partial charge in [-0.2, -0.15) is 0 Å². The Morgan fingerprint density at radius 2 is 2.05 bits per heavy atom. The van der Waals surface area contributed by atoms with Gasteiger partial charge in [-0.05, 0) is 44.7 Å². The van der Waals surface area contributed by atoms with E-state index in [2.05, 4.69) is 43.4 Å². The van der Waals surface area contributed by atoms with Crippen molar-refractivity contribution in [1.29, 1.82) is 0 Å². The minimum absolute atomic E-state index is 0.256. The summed E-state index contributed by atoms with van der Waals surface area (Å²) in [4.78, 5) is 6.41. The van der Waals surface area contributed by atoms with Crippen LogP contribution in [0.4, 0.5) is 0 Å². The molecule has 1 aromatic heterocycles. The zero-order valence-corrected chi connectivity index (χ0v) is 13.1. The van der Waals surface area contributed by atoms with Crippen LogP contribution in [-0.2, 0) is 12.8 Å². The second-order valence-electron chi connectivity index (χ2n) is 5.57. The first-order valence-electron chi connectivity index (χ1n) is 7.56. The lowest BCUT2D eigenvalue weighted by atomic mass is 10.1. The molecule has 0 amide bonds. The summed E-state index contributed by atoms with van der Waals surface area (Å²) in [6.07, 6.45) is 4.82. The SMILES string of the molecule is CCCNC(c1ccc(C)cc1)c1nc2c(s1)CCC2. The van der Waals surface area contributed by atoms with Crippen molar-refractivity contribution in [2.75, 3.05) is 6.54 Å². The maximum Gasteiger partial charge on any atom is 0.115 e. The fraction of sp³-hybridized carbons (Fsp3) is 0.471. The van der Waals surface area contributed by atoms with Crippen molar-refractivity contribution >= 4 is 11.3 Å². The number of nitrogens with one attached hydrogen (secondary N) is 1. The first kappa shape index (κ1) is 13.8. The van der Waals surface area contributed by atoms with Gasteiger partial charge >= 0.3 is 0 Å². The predicted molar refractivity (Wildman–Crippen MR) is 85.5 cm³/mol. The van der Waals surface area contributed by atoms with Crippen LogP contribution in [0.15, 0.2) is 24.3 Å². The Labute approximate surface area is 125 Å². The van der Waals surface area contributed by atoms with Crippen molar-refractivity contribution < 1.29 is 0 Å². The van der Waals surface area contributed by atoms with E-state index in [1.807, 2.05) is 11.3 Å². The molecule has 3 rings (SSSR count). The zero-order chi connectivity index (χ0) is 13.9. The average Bonchev–Trinajstić information content (AvgIpc) is 3.02. The molecule has 1 N–H and O–H groups in total. The van der Waals surface area contributed by atoms with E-state index in [-0.39, 0.29) is 6.04 Å².